The van der Waals surface area contributed by atoms with Crippen molar-refractivity contribution in [2.75, 3.05) is 44.7 Å². The van der Waals surface area contributed by atoms with Crippen molar-refractivity contribution in [2.24, 2.45) is 0 Å². The van der Waals surface area contributed by atoms with Crippen molar-refractivity contribution in [3.8, 4) is 0 Å². The van der Waals surface area contributed by atoms with Crippen molar-refractivity contribution < 1.29 is 26.4 Å². The van der Waals surface area contributed by atoms with Crippen molar-refractivity contribution >= 4 is 31.7 Å². The van der Waals surface area contributed by atoms with E-state index in [1.807, 2.05) is 4.90 Å². The number of carbonyl (C=O) groups is 2. The van der Waals surface area contributed by atoms with Crippen molar-refractivity contribution in [3.63, 3.8) is 0 Å². The van der Waals surface area contributed by atoms with Gasteiger partial charge in [0.15, 0.2) is 0 Å². The first-order valence-corrected chi connectivity index (χ1v) is 12.8. The third-order valence-corrected chi connectivity index (χ3v) is 8.03. The number of hydrogen-bond donors (Lipinski definition) is 0. The van der Waals surface area contributed by atoms with Gasteiger partial charge in [0.2, 0.25) is 0 Å². The molecule has 0 aromatic heterocycles. The summed E-state index contributed by atoms with van der Waals surface area (Å²) >= 11 is 0. The van der Waals surface area contributed by atoms with Crippen LogP contribution in [0.3, 0.4) is 0 Å². The van der Waals surface area contributed by atoms with Gasteiger partial charge in [-0.2, -0.15) is 0 Å². The molecule has 0 N–H and O–H groups in total. The van der Waals surface area contributed by atoms with E-state index in [2.05, 4.69) is 0 Å². The lowest BCUT2D eigenvalue weighted by atomic mass is 10.1. The van der Waals surface area contributed by atoms with Crippen LogP contribution < -0.4 is 0 Å². The second-order valence-electron chi connectivity index (χ2n) is 7.67. The lowest BCUT2D eigenvalue weighted by molar-refractivity contribution is 0.0643. The first kappa shape index (κ1) is 21.7. The first-order valence-electron chi connectivity index (χ1n) is 9.34. The van der Waals surface area contributed by atoms with Crippen LogP contribution in [0.5, 0.6) is 0 Å². The molecule has 11 heteroatoms. The van der Waals surface area contributed by atoms with Crippen LogP contribution in [0.4, 0.5) is 0 Å². The number of nitrogens with zero attached hydrogens (tertiary/aromatic N) is 3. The molecule has 0 aliphatic carbocycles. The Morgan fingerprint density at radius 2 is 1.76 bits per heavy atom. The van der Waals surface area contributed by atoms with Crippen LogP contribution in [0.2, 0.25) is 0 Å². The van der Waals surface area contributed by atoms with Crippen LogP contribution in [0.1, 0.15) is 34.6 Å². The number of fused-ring (bicyclic) bond motifs is 1. The van der Waals surface area contributed by atoms with Crippen LogP contribution in [0.25, 0.3) is 0 Å². The fourth-order valence-electron chi connectivity index (χ4n) is 3.54. The van der Waals surface area contributed by atoms with Crippen molar-refractivity contribution in [3.05, 3.63) is 29.3 Å². The maximum Gasteiger partial charge on any atom is 0.269 e. The van der Waals surface area contributed by atoms with Gasteiger partial charge < -0.3 is 4.90 Å². The fourth-order valence-corrected chi connectivity index (χ4v) is 5.93. The van der Waals surface area contributed by atoms with Crippen LogP contribution in [0, 0.1) is 0 Å². The van der Waals surface area contributed by atoms with Crippen molar-refractivity contribution in [2.45, 2.75) is 24.8 Å². The zero-order chi connectivity index (χ0) is 21.6. The monoisotopic (exact) mass is 443 g/mol. The normalized spacial score (nSPS) is 19.7. The van der Waals surface area contributed by atoms with E-state index < -0.39 is 31.8 Å². The minimum absolute atomic E-state index is 0.0734. The summed E-state index contributed by atoms with van der Waals surface area (Å²) in [4.78, 5) is 28.7. The third kappa shape index (κ3) is 4.31. The summed E-state index contributed by atoms with van der Waals surface area (Å²) in [6.45, 7) is 5.60. The van der Waals surface area contributed by atoms with Gasteiger partial charge in [0.05, 0.1) is 11.3 Å². The molecule has 2 heterocycles. The van der Waals surface area contributed by atoms with Crippen LogP contribution in [-0.4, -0.2) is 93.5 Å². The molecule has 2 aliphatic heterocycles. The lowest BCUT2D eigenvalue weighted by Gasteiger charge is -2.34. The summed E-state index contributed by atoms with van der Waals surface area (Å²) in [5.74, 6) is -0.806. The number of sulfone groups is 1. The molecule has 1 aromatic carbocycles. The number of carbonyl (C=O) groups excluding carboxylic acids is 2. The highest BCUT2D eigenvalue weighted by Crippen LogP contribution is 2.32. The number of rotatable bonds is 5. The van der Waals surface area contributed by atoms with E-state index in [1.54, 1.807) is 18.7 Å². The zero-order valence-electron chi connectivity index (χ0n) is 16.7. The summed E-state index contributed by atoms with van der Waals surface area (Å²) in [5.41, 5.74) is 0.302. The van der Waals surface area contributed by atoms with E-state index in [4.69, 9.17) is 0 Å². The van der Waals surface area contributed by atoms with Gasteiger partial charge in [-0.3, -0.25) is 14.5 Å². The summed E-state index contributed by atoms with van der Waals surface area (Å²) < 4.78 is 48.8. The Balaban J connectivity index is 1.73. The smallest absolute Gasteiger partial charge is 0.269 e. The van der Waals surface area contributed by atoms with Crippen molar-refractivity contribution in [1.29, 1.82) is 0 Å². The molecule has 29 heavy (non-hydrogen) atoms. The number of piperazine rings is 1. The standard InChI is InChI=1S/C18H25N3O6S2/c1-13(2)21-18(23)15-5-4-14(12-16(15)29(21,26)27)17(22)20-8-6-19(7-9-20)10-11-28(3,24)25/h4-5,12-13H,6-11H2,1-3H3. The maximum atomic E-state index is 12.8. The Hall–Kier alpha value is -1.98. The van der Waals surface area contributed by atoms with Crippen LogP contribution in [0.15, 0.2) is 23.1 Å². The maximum absolute atomic E-state index is 12.8. The highest BCUT2D eigenvalue weighted by molar-refractivity contribution is 7.90. The fraction of sp³-hybridized carbons (Fsp3) is 0.556. The van der Waals surface area contributed by atoms with Gasteiger partial charge in [-0.1, -0.05) is 0 Å². The molecule has 2 amide bonds. The lowest BCUT2D eigenvalue weighted by Crippen LogP contribution is -2.49. The minimum atomic E-state index is -3.96. The predicted molar refractivity (Wildman–Crippen MR) is 107 cm³/mol. The average Bonchev–Trinajstić information content (AvgIpc) is 2.84. The molecule has 1 aromatic rings. The third-order valence-electron chi connectivity index (χ3n) is 5.10. The Bertz CT molecular complexity index is 1040. The van der Waals surface area contributed by atoms with E-state index in [0.29, 0.717) is 32.7 Å². The number of hydrogen-bond acceptors (Lipinski definition) is 7. The second-order valence-corrected chi connectivity index (χ2v) is 11.7. The van der Waals surface area contributed by atoms with Gasteiger partial charge in [-0.15, -0.1) is 0 Å². The summed E-state index contributed by atoms with van der Waals surface area (Å²) in [6.07, 6.45) is 1.19. The van der Waals surface area contributed by atoms with Gasteiger partial charge in [-0.25, -0.2) is 21.1 Å². The largest absolute Gasteiger partial charge is 0.336 e. The second kappa shape index (κ2) is 7.69. The Labute approximate surface area is 171 Å². The zero-order valence-corrected chi connectivity index (χ0v) is 18.3. The molecule has 3 rings (SSSR count). The molecule has 0 radical (unpaired) electrons. The molecule has 1 saturated heterocycles. The predicted octanol–water partition coefficient (Wildman–Crippen LogP) is 0.0419. The molecular formula is C18H25N3O6S2. The van der Waals surface area contributed by atoms with Gasteiger partial charge in [0.1, 0.15) is 14.7 Å². The quantitative estimate of drug-likeness (QED) is 0.632. The van der Waals surface area contributed by atoms with E-state index in [9.17, 15) is 26.4 Å². The summed E-state index contributed by atoms with van der Waals surface area (Å²) in [7, 11) is -7.00. The van der Waals surface area contributed by atoms with Gasteiger partial charge in [-0.05, 0) is 32.0 Å². The SMILES string of the molecule is CC(C)N1C(=O)c2ccc(C(=O)N3CCN(CCS(C)(=O)=O)CC3)cc2S1(=O)=O. The molecule has 9 nitrogen and oxygen atoms in total. The molecular weight excluding hydrogens is 418 g/mol. The van der Waals surface area contributed by atoms with E-state index >= 15 is 0 Å². The summed E-state index contributed by atoms with van der Waals surface area (Å²) in [5, 5.41) is 0. The van der Waals surface area contributed by atoms with Crippen LogP contribution in [-0.2, 0) is 19.9 Å². The van der Waals surface area contributed by atoms with E-state index in [-0.39, 0.29) is 27.7 Å². The highest BCUT2D eigenvalue weighted by Gasteiger charge is 2.43. The molecule has 0 bridgehead atoms. The highest BCUT2D eigenvalue weighted by atomic mass is 32.2. The molecule has 0 unspecified atom stereocenters. The molecule has 160 valence electrons. The van der Waals surface area contributed by atoms with Crippen LogP contribution >= 0.6 is 0 Å². The topological polar surface area (TPSA) is 112 Å². The van der Waals surface area contributed by atoms with E-state index in [1.165, 1.54) is 24.5 Å². The van der Waals surface area contributed by atoms with Crippen molar-refractivity contribution in [1.82, 2.24) is 14.1 Å². The van der Waals surface area contributed by atoms with E-state index in [0.717, 1.165) is 4.31 Å². The number of amides is 2. The Morgan fingerprint density at radius 3 is 2.31 bits per heavy atom. The average molecular weight is 444 g/mol. The number of sulfonamides is 1. The Morgan fingerprint density at radius 1 is 1.14 bits per heavy atom. The van der Waals surface area contributed by atoms with Gasteiger partial charge in [0.25, 0.3) is 21.8 Å². The molecule has 1 fully saturated rings. The first-order chi connectivity index (χ1) is 13.4. The number of benzene rings is 1. The Kier molecular flexibility index (Phi) is 5.76. The summed E-state index contributed by atoms with van der Waals surface area (Å²) in [6, 6.07) is 3.64. The molecule has 2 aliphatic rings. The molecule has 0 saturated carbocycles. The van der Waals surface area contributed by atoms with Gasteiger partial charge >= 0.3 is 0 Å². The molecule has 0 atom stereocenters. The van der Waals surface area contributed by atoms with Gasteiger partial charge in [0, 0.05) is 50.6 Å². The molecule has 0 spiro atoms. The minimum Gasteiger partial charge on any atom is -0.336 e.